The number of benzene rings is 2. The highest BCUT2D eigenvalue weighted by Crippen LogP contribution is 2.40. The molecule has 3 amide bonds. The van der Waals surface area contributed by atoms with Gasteiger partial charge in [-0.1, -0.05) is 18.2 Å². The summed E-state index contributed by atoms with van der Waals surface area (Å²) >= 11 is 0.829. The Morgan fingerprint density at radius 2 is 1.63 bits per heavy atom. The summed E-state index contributed by atoms with van der Waals surface area (Å²) < 4.78 is 21.2. The summed E-state index contributed by atoms with van der Waals surface area (Å²) in [7, 11) is 6.04. The lowest BCUT2D eigenvalue weighted by Crippen LogP contribution is -2.36. The highest BCUT2D eigenvalue weighted by Gasteiger charge is 2.34. The molecule has 9 nitrogen and oxygen atoms in total. The van der Waals surface area contributed by atoms with E-state index in [1.54, 1.807) is 37.5 Å². The van der Waals surface area contributed by atoms with Crippen LogP contribution < -0.4 is 24.3 Å². The quantitative estimate of drug-likeness (QED) is 0.496. The topological polar surface area (TPSA) is 103 Å². The minimum atomic E-state index is -0.437. The van der Waals surface area contributed by atoms with E-state index in [9.17, 15) is 14.4 Å². The van der Waals surface area contributed by atoms with Gasteiger partial charge in [0.1, 0.15) is 5.75 Å². The molecule has 0 saturated carbocycles. The summed E-state index contributed by atoms with van der Waals surface area (Å²) in [6, 6.07) is 10.7. The zero-order chi connectivity index (χ0) is 25.4. The van der Waals surface area contributed by atoms with Crippen molar-refractivity contribution in [3.8, 4) is 23.0 Å². The van der Waals surface area contributed by atoms with Crippen LogP contribution in [0.3, 0.4) is 0 Å². The number of rotatable bonds is 10. The molecule has 0 bridgehead atoms. The fraction of sp³-hybridized carbons (Fsp3) is 0.240. The van der Waals surface area contributed by atoms with E-state index in [-0.39, 0.29) is 23.9 Å². The van der Waals surface area contributed by atoms with E-state index in [0.29, 0.717) is 28.6 Å². The zero-order valence-corrected chi connectivity index (χ0v) is 20.6. The summed E-state index contributed by atoms with van der Waals surface area (Å²) in [5.74, 6) is 1.15. The Morgan fingerprint density at radius 3 is 2.26 bits per heavy atom. The van der Waals surface area contributed by atoms with Crippen LogP contribution in [0.1, 0.15) is 11.1 Å². The Bertz CT molecular complexity index is 1150. The fourth-order valence-corrected chi connectivity index (χ4v) is 4.21. The van der Waals surface area contributed by atoms with Crippen LogP contribution in [0.2, 0.25) is 0 Å². The molecular weight excluding hydrogens is 472 g/mol. The zero-order valence-electron chi connectivity index (χ0n) is 19.8. The first-order chi connectivity index (χ1) is 16.9. The number of hydrogen-bond donors (Lipinski definition) is 1. The molecule has 1 saturated heterocycles. The number of hydrogen-bond acceptors (Lipinski definition) is 8. The molecule has 1 aliphatic rings. The van der Waals surface area contributed by atoms with E-state index < -0.39 is 11.1 Å². The second-order valence-corrected chi connectivity index (χ2v) is 8.15. The standard InChI is InChI=1S/C25H26N2O7S/c1-31-18-8-6-5-7-17(18)9-10-22(28)26-11-12-27-24(29)21(35-25(27)30)15-16-13-19(32-2)23(34-4)20(14-16)33-3/h5-10,13-15H,11-12H2,1-4H3,(H,26,28)/b10-9+,21-15+. The molecule has 0 aliphatic carbocycles. The minimum Gasteiger partial charge on any atom is -0.496 e. The number of nitrogens with one attached hydrogen (secondary N) is 1. The summed E-state index contributed by atoms with van der Waals surface area (Å²) in [5.41, 5.74) is 1.37. The SMILES string of the molecule is COc1ccccc1/C=C/C(=O)NCCN1C(=O)S/C(=C/c2cc(OC)c(OC)c(OC)c2)C1=O. The van der Waals surface area contributed by atoms with Gasteiger partial charge < -0.3 is 24.3 Å². The van der Waals surface area contributed by atoms with Gasteiger partial charge in [0.05, 0.1) is 33.3 Å². The first-order valence-electron chi connectivity index (χ1n) is 10.6. The van der Waals surface area contributed by atoms with Crippen LogP contribution in [0.25, 0.3) is 12.2 Å². The van der Waals surface area contributed by atoms with Crippen molar-refractivity contribution < 1.29 is 33.3 Å². The van der Waals surface area contributed by atoms with Crippen molar-refractivity contribution >= 4 is 41.0 Å². The maximum atomic E-state index is 12.8. The molecule has 0 unspecified atom stereocenters. The van der Waals surface area contributed by atoms with Gasteiger partial charge in [0, 0.05) is 24.7 Å². The number of carbonyl (C=O) groups excluding carboxylic acids is 3. The Kier molecular flexibility index (Phi) is 8.80. The average Bonchev–Trinajstić information content (AvgIpc) is 3.14. The lowest BCUT2D eigenvalue weighted by molar-refractivity contribution is -0.123. The molecule has 0 spiro atoms. The maximum Gasteiger partial charge on any atom is 0.293 e. The second-order valence-electron chi connectivity index (χ2n) is 7.16. The third kappa shape index (κ3) is 6.15. The first kappa shape index (κ1) is 25.7. The summed E-state index contributed by atoms with van der Waals surface area (Å²) in [4.78, 5) is 38.7. The lowest BCUT2D eigenvalue weighted by Gasteiger charge is -2.13. The summed E-state index contributed by atoms with van der Waals surface area (Å²) in [6.45, 7) is 0.163. The van der Waals surface area contributed by atoms with Crippen molar-refractivity contribution in [1.82, 2.24) is 10.2 Å². The van der Waals surface area contributed by atoms with Crippen LogP contribution in [0.5, 0.6) is 23.0 Å². The molecule has 184 valence electrons. The number of amides is 3. The monoisotopic (exact) mass is 498 g/mol. The van der Waals surface area contributed by atoms with Crippen LogP contribution in [0.4, 0.5) is 4.79 Å². The van der Waals surface area contributed by atoms with Crippen molar-refractivity contribution in [3.63, 3.8) is 0 Å². The van der Waals surface area contributed by atoms with Gasteiger partial charge >= 0.3 is 0 Å². The molecule has 1 N–H and O–H groups in total. The van der Waals surface area contributed by atoms with Crippen LogP contribution >= 0.6 is 11.8 Å². The number of ether oxygens (including phenoxy) is 4. The van der Waals surface area contributed by atoms with Crippen LogP contribution in [-0.2, 0) is 9.59 Å². The highest BCUT2D eigenvalue weighted by atomic mass is 32.2. The van der Waals surface area contributed by atoms with Crippen molar-refractivity contribution in [2.45, 2.75) is 0 Å². The van der Waals surface area contributed by atoms with Crippen molar-refractivity contribution in [2.24, 2.45) is 0 Å². The summed E-state index contributed by atoms with van der Waals surface area (Å²) in [5, 5.41) is 2.27. The Hall–Kier alpha value is -3.92. The Labute approximate surface area is 207 Å². The molecule has 0 aromatic heterocycles. The molecule has 2 aromatic rings. The van der Waals surface area contributed by atoms with E-state index in [2.05, 4.69) is 5.32 Å². The molecule has 1 heterocycles. The van der Waals surface area contributed by atoms with Gasteiger partial charge in [0.25, 0.3) is 11.1 Å². The largest absolute Gasteiger partial charge is 0.496 e. The predicted molar refractivity (Wildman–Crippen MR) is 134 cm³/mol. The third-order valence-corrected chi connectivity index (χ3v) is 5.95. The molecule has 0 radical (unpaired) electrons. The smallest absolute Gasteiger partial charge is 0.293 e. The number of imide groups is 1. The fourth-order valence-electron chi connectivity index (χ4n) is 3.35. The van der Waals surface area contributed by atoms with Crippen LogP contribution in [0, 0.1) is 0 Å². The van der Waals surface area contributed by atoms with Crippen LogP contribution in [0.15, 0.2) is 47.4 Å². The van der Waals surface area contributed by atoms with E-state index in [1.807, 2.05) is 18.2 Å². The van der Waals surface area contributed by atoms with Gasteiger partial charge in [-0.3, -0.25) is 19.3 Å². The van der Waals surface area contributed by atoms with Gasteiger partial charge in [-0.25, -0.2) is 0 Å². The molecule has 1 aliphatic heterocycles. The lowest BCUT2D eigenvalue weighted by atomic mass is 10.1. The molecular formula is C25H26N2O7S. The van der Waals surface area contributed by atoms with Gasteiger partial charge in [-0.2, -0.15) is 0 Å². The number of methoxy groups -OCH3 is 4. The number of para-hydroxylation sites is 1. The molecule has 10 heteroatoms. The third-order valence-electron chi connectivity index (χ3n) is 5.05. The number of nitrogens with zero attached hydrogens (tertiary/aromatic N) is 1. The molecule has 1 fully saturated rings. The van der Waals surface area contributed by atoms with Crippen LogP contribution in [-0.4, -0.2) is 63.5 Å². The molecule has 2 aromatic carbocycles. The molecule has 3 rings (SSSR count). The van der Waals surface area contributed by atoms with Gasteiger partial charge in [-0.05, 0) is 47.7 Å². The van der Waals surface area contributed by atoms with Gasteiger partial charge in [0.2, 0.25) is 11.7 Å². The summed E-state index contributed by atoms with van der Waals surface area (Å²) in [6.07, 6.45) is 4.59. The van der Waals surface area contributed by atoms with E-state index in [1.165, 1.54) is 27.4 Å². The Morgan fingerprint density at radius 1 is 0.971 bits per heavy atom. The molecule has 0 atom stereocenters. The molecule has 35 heavy (non-hydrogen) atoms. The first-order valence-corrected chi connectivity index (χ1v) is 11.4. The van der Waals surface area contributed by atoms with Crippen molar-refractivity contribution in [1.29, 1.82) is 0 Å². The number of thioether (sulfide) groups is 1. The Balaban J connectivity index is 1.63. The van der Waals surface area contributed by atoms with E-state index >= 15 is 0 Å². The van der Waals surface area contributed by atoms with E-state index in [4.69, 9.17) is 18.9 Å². The minimum absolute atomic E-state index is 0.0471. The maximum absolute atomic E-state index is 12.8. The second kappa shape index (κ2) is 12.0. The van der Waals surface area contributed by atoms with Crippen molar-refractivity contribution in [2.75, 3.05) is 41.5 Å². The average molecular weight is 499 g/mol. The van der Waals surface area contributed by atoms with Gasteiger partial charge in [-0.15, -0.1) is 0 Å². The normalized spacial score (nSPS) is 14.5. The van der Waals surface area contributed by atoms with E-state index in [0.717, 1.165) is 22.2 Å². The predicted octanol–water partition coefficient (Wildman–Crippen LogP) is 3.59. The highest BCUT2D eigenvalue weighted by molar-refractivity contribution is 8.18. The van der Waals surface area contributed by atoms with Gasteiger partial charge in [0.15, 0.2) is 11.5 Å². The van der Waals surface area contributed by atoms with Crippen molar-refractivity contribution in [3.05, 3.63) is 58.5 Å². The number of carbonyl (C=O) groups is 3.